The first-order valence-corrected chi connectivity index (χ1v) is 8.37. The van der Waals surface area contributed by atoms with Gasteiger partial charge in [0.05, 0.1) is 0 Å². The number of hydrogen-bond donors (Lipinski definition) is 2. The predicted molar refractivity (Wildman–Crippen MR) is 95.4 cm³/mol. The first kappa shape index (κ1) is 17.7. The van der Waals surface area contributed by atoms with E-state index in [1.165, 1.54) is 0 Å². The molecular weight excluding hydrogens is 356 g/mol. The van der Waals surface area contributed by atoms with Crippen molar-refractivity contribution in [2.75, 3.05) is 0 Å². The third-order valence-electron chi connectivity index (χ3n) is 3.40. The molecule has 0 atom stereocenters. The SMILES string of the molecule is CC(C)(C)CC(C)(C)NC(=O)c1cc2cc(Br)ccc2oc1=N. The van der Waals surface area contributed by atoms with E-state index in [1.54, 1.807) is 12.1 Å². The van der Waals surface area contributed by atoms with Crippen molar-refractivity contribution in [3.05, 3.63) is 39.9 Å². The largest absolute Gasteiger partial charge is 0.438 e. The average molecular weight is 379 g/mol. The maximum atomic E-state index is 12.6. The summed E-state index contributed by atoms with van der Waals surface area (Å²) in [6.07, 6.45) is 0.829. The monoisotopic (exact) mass is 378 g/mol. The molecule has 0 aliphatic heterocycles. The Morgan fingerprint density at radius 1 is 1.22 bits per heavy atom. The number of carbonyl (C=O) groups excluding carboxylic acids is 1. The number of halogens is 1. The summed E-state index contributed by atoms with van der Waals surface area (Å²) in [6.45, 7) is 10.4. The molecule has 5 heteroatoms. The molecule has 0 saturated carbocycles. The summed E-state index contributed by atoms with van der Waals surface area (Å²) in [7, 11) is 0. The molecule has 2 N–H and O–H groups in total. The molecular formula is C18H23BrN2O2. The van der Waals surface area contributed by atoms with E-state index in [0.717, 1.165) is 16.3 Å². The zero-order valence-electron chi connectivity index (χ0n) is 14.2. The van der Waals surface area contributed by atoms with E-state index in [1.807, 2.05) is 26.0 Å². The summed E-state index contributed by atoms with van der Waals surface area (Å²) in [4.78, 5) is 12.6. The molecule has 0 spiro atoms. The van der Waals surface area contributed by atoms with Crippen LogP contribution in [0.3, 0.4) is 0 Å². The summed E-state index contributed by atoms with van der Waals surface area (Å²) < 4.78 is 6.37. The van der Waals surface area contributed by atoms with Crippen LogP contribution in [0.1, 0.15) is 51.4 Å². The first-order valence-electron chi connectivity index (χ1n) is 7.57. The molecule has 0 unspecified atom stereocenters. The van der Waals surface area contributed by atoms with Crippen molar-refractivity contribution < 1.29 is 9.21 Å². The van der Waals surface area contributed by atoms with Crippen LogP contribution in [0.25, 0.3) is 11.0 Å². The fourth-order valence-corrected chi connectivity index (χ4v) is 3.40. The van der Waals surface area contributed by atoms with Crippen LogP contribution in [-0.4, -0.2) is 11.4 Å². The topological polar surface area (TPSA) is 66.1 Å². The van der Waals surface area contributed by atoms with E-state index < -0.39 is 0 Å². The van der Waals surface area contributed by atoms with Crippen molar-refractivity contribution >= 4 is 32.8 Å². The molecule has 124 valence electrons. The molecule has 1 amide bonds. The van der Waals surface area contributed by atoms with Gasteiger partial charge in [0, 0.05) is 15.4 Å². The minimum Gasteiger partial charge on any atom is -0.438 e. The molecule has 2 aromatic rings. The van der Waals surface area contributed by atoms with Gasteiger partial charge in [-0.05, 0) is 49.9 Å². The molecule has 0 fully saturated rings. The minimum atomic E-state index is -0.367. The smallest absolute Gasteiger partial charge is 0.257 e. The number of amides is 1. The highest BCUT2D eigenvalue weighted by molar-refractivity contribution is 9.10. The Morgan fingerprint density at radius 2 is 1.87 bits per heavy atom. The molecule has 1 aromatic heterocycles. The summed E-state index contributed by atoms with van der Waals surface area (Å²) in [5.74, 6) is -0.283. The lowest BCUT2D eigenvalue weighted by Crippen LogP contribution is -2.46. The van der Waals surface area contributed by atoms with Gasteiger partial charge in [-0.2, -0.15) is 0 Å². The molecule has 4 nitrogen and oxygen atoms in total. The highest BCUT2D eigenvalue weighted by Crippen LogP contribution is 2.27. The van der Waals surface area contributed by atoms with Crippen molar-refractivity contribution in [3.8, 4) is 0 Å². The summed E-state index contributed by atoms with van der Waals surface area (Å²) in [5, 5.41) is 11.8. The summed E-state index contributed by atoms with van der Waals surface area (Å²) in [5.41, 5.74) is 0.442. The highest BCUT2D eigenvalue weighted by Gasteiger charge is 2.28. The maximum Gasteiger partial charge on any atom is 0.257 e. The van der Waals surface area contributed by atoms with Crippen LogP contribution < -0.4 is 10.9 Å². The fourth-order valence-electron chi connectivity index (χ4n) is 3.02. The van der Waals surface area contributed by atoms with Gasteiger partial charge in [-0.15, -0.1) is 0 Å². The van der Waals surface area contributed by atoms with Gasteiger partial charge in [0.1, 0.15) is 11.1 Å². The fraction of sp³-hybridized carbons (Fsp3) is 0.444. The molecule has 0 saturated heterocycles. The van der Waals surface area contributed by atoms with Crippen molar-refractivity contribution in [2.45, 2.75) is 46.6 Å². The van der Waals surface area contributed by atoms with Crippen LogP contribution in [0.4, 0.5) is 0 Å². The molecule has 0 radical (unpaired) electrons. The van der Waals surface area contributed by atoms with Gasteiger partial charge in [0.15, 0.2) is 0 Å². The van der Waals surface area contributed by atoms with Crippen LogP contribution in [0, 0.1) is 10.8 Å². The van der Waals surface area contributed by atoms with Crippen molar-refractivity contribution in [1.82, 2.24) is 5.32 Å². The van der Waals surface area contributed by atoms with Gasteiger partial charge in [0.25, 0.3) is 5.91 Å². The Labute approximate surface area is 144 Å². The molecule has 0 aliphatic carbocycles. The minimum absolute atomic E-state index is 0.0964. The van der Waals surface area contributed by atoms with E-state index >= 15 is 0 Å². The zero-order chi connectivity index (χ0) is 17.4. The molecule has 1 aromatic carbocycles. The van der Waals surface area contributed by atoms with Gasteiger partial charge < -0.3 is 9.73 Å². The average Bonchev–Trinajstić information content (AvgIpc) is 2.34. The zero-order valence-corrected chi connectivity index (χ0v) is 15.8. The summed E-state index contributed by atoms with van der Waals surface area (Å²) in [6, 6.07) is 7.20. The Balaban J connectivity index is 2.34. The molecule has 0 bridgehead atoms. The van der Waals surface area contributed by atoms with Crippen LogP contribution >= 0.6 is 15.9 Å². The number of nitrogens with one attached hydrogen (secondary N) is 2. The number of rotatable bonds is 3. The van der Waals surface area contributed by atoms with E-state index in [4.69, 9.17) is 9.83 Å². The molecule has 1 heterocycles. The van der Waals surface area contributed by atoms with Gasteiger partial charge in [-0.25, -0.2) is 0 Å². The number of benzene rings is 1. The van der Waals surface area contributed by atoms with Gasteiger partial charge in [-0.1, -0.05) is 36.7 Å². The maximum absolute atomic E-state index is 12.6. The third kappa shape index (κ3) is 4.67. The quantitative estimate of drug-likeness (QED) is 0.817. The van der Waals surface area contributed by atoms with Crippen LogP contribution in [-0.2, 0) is 0 Å². The van der Waals surface area contributed by atoms with Gasteiger partial charge in [0.2, 0.25) is 5.55 Å². The van der Waals surface area contributed by atoms with E-state index in [9.17, 15) is 4.79 Å². The first-order chi connectivity index (χ1) is 10.5. The van der Waals surface area contributed by atoms with E-state index in [-0.39, 0.29) is 28.0 Å². The van der Waals surface area contributed by atoms with Crippen LogP contribution in [0.2, 0.25) is 0 Å². The highest BCUT2D eigenvalue weighted by atomic mass is 79.9. The Kier molecular flexibility index (Phi) is 4.71. The normalized spacial score (nSPS) is 12.4. The third-order valence-corrected chi connectivity index (χ3v) is 3.89. The summed E-state index contributed by atoms with van der Waals surface area (Å²) >= 11 is 3.41. The van der Waals surface area contributed by atoms with Gasteiger partial charge >= 0.3 is 0 Å². The molecule has 2 rings (SSSR count). The number of fused-ring (bicyclic) bond motifs is 1. The van der Waals surface area contributed by atoms with Crippen molar-refractivity contribution in [3.63, 3.8) is 0 Å². The lowest BCUT2D eigenvalue weighted by atomic mass is 9.81. The lowest BCUT2D eigenvalue weighted by Gasteiger charge is -2.33. The number of hydrogen-bond acceptors (Lipinski definition) is 3. The lowest BCUT2D eigenvalue weighted by molar-refractivity contribution is 0.0887. The second kappa shape index (κ2) is 6.11. The molecule has 23 heavy (non-hydrogen) atoms. The Bertz CT molecular complexity index is 801. The standard InChI is InChI=1S/C18H23BrN2O2/c1-17(2,3)10-18(4,5)21-16(22)13-9-11-8-12(19)6-7-14(11)23-15(13)20/h6-9,20H,10H2,1-5H3,(H,21,22). The Hall–Kier alpha value is -1.62. The van der Waals surface area contributed by atoms with E-state index in [0.29, 0.717) is 5.58 Å². The predicted octanol–water partition coefficient (Wildman–Crippen LogP) is 4.62. The molecule has 0 aliphatic rings. The van der Waals surface area contributed by atoms with E-state index in [2.05, 4.69) is 42.0 Å². The number of carbonyl (C=O) groups is 1. The van der Waals surface area contributed by atoms with Crippen LogP contribution in [0.5, 0.6) is 0 Å². The van der Waals surface area contributed by atoms with Crippen LogP contribution in [0.15, 0.2) is 33.2 Å². The van der Waals surface area contributed by atoms with Gasteiger partial charge in [-0.3, -0.25) is 10.2 Å². The second-order valence-corrected chi connectivity index (χ2v) is 8.66. The van der Waals surface area contributed by atoms with Crippen molar-refractivity contribution in [2.24, 2.45) is 5.41 Å². The Morgan fingerprint density at radius 3 is 2.48 bits per heavy atom. The second-order valence-electron chi connectivity index (χ2n) is 7.75. The van der Waals surface area contributed by atoms with Crippen molar-refractivity contribution in [1.29, 1.82) is 5.41 Å².